The van der Waals surface area contributed by atoms with Gasteiger partial charge in [-0.3, -0.25) is 4.55 Å². The van der Waals surface area contributed by atoms with Gasteiger partial charge in [-0.2, -0.15) is 8.42 Å². The number of hydrogen-bond donors (Lipinski definition) is 1. The molecule has 0 amide bonds. The van der Waals surface area contributed by atoms with Crippen molar-refractivity contribution in [1.82, 2.24) is 19.7 Å². The SMILES string of the molecule is CCN(CC)CC.COC(=O)c1ncn([C@@H]2CO[C@H](COCc3ccccc3)[C@H]2OS(=O)(=O)O)n1. The summed E-state index contributed by atoms with van der Waals surface area (Å²) in [5.41, 5.74) is 0.934. The van der Waals surface area contributed by atoms with Gasteiger partial charge in [0.1, 0.15) is 24.6 Å². The first-order valence-electron chi connectivity index (χ1n) is 11.3. The van der Waals surface area contributed by atoms with Gasteiger partial charge >= 0.3 is 16.4 Å². The van der Waals surface area contributed by atoms with Gasteiger partial charge in [0.25, 0.3) is 5.82 Å². The molecule has 0 radical (unpaired) electrons. The Labute approximate surface area is 206 Å². The minimum atomic E-state index is -4.76. The predicted molar refractivity (Wildman–Crippen MR) is 126 cm³/mol. The average Bonchev–Trinajstić information content (AvgIpc) is 3.47. The Morgan fingerprint density at radius 1 is 1.20 bits per heavy atom. The van der Waals surface area contributed by atoms with E-state index in [2.05, 4.69) is 40.5 Å². The molecule has 1 aliphatic rings. The van der Waals surface area contributed by atoms with Crippen LogP contribution >= 0.6 is 0 Å². The molecule has 12 nitrogen and oxygen atoms in total. The molecular formula is C22H34N4O8S. The molecule has 1 aromatic carbocycles. The minimum Gasteiger partial charge on any atom is -0.463 e. The molecular weight excluding hydrogens is 480 g/mol. The molecule has 196 valence electrons. The third-order valence-electron chi connectivity index (χ3n) is 5.41. The molecule has 0 bridgehead atoms. The maximum Gasteiger partial charge on any atom is 0.397 e. The van der Waals surface area contributed by atoms with E-state index in [0.717, 1.165) is 5.56 Å². The van der Waals surface area contributed by atoms with Gasteiger partial charge in [-0.05, 0) is 25.2 Å². The summed E-state index contributed by atoms with van der Waals surface area (Å²) in [7, 11) is -3.57. The molecule has 1 aromatic heterocycles. The predicted octanol–water partition coefficient (Wildman–Crippen LogP) is 1.76. The average molecular weight is 515 g/mol. The number of methoxy groups -OCH3 is 1. The van der Waals surface area contributed by atoms with E-state index in [9.17, 15) is 13.2 Å². The van der Waals surface area contributed by atoms with Crippen LogP contribution in [-0.4, -0.2) is 90.8 Å². The van der Waals surface area contributed by atoms with Crippen molar-refractivity contribution in [3.05, 3.63) is 48.0 Å². The molecule has 1 N–H and O–H groups in total. The van der Waals surface area contributed by atoms with Crippen molar-refractivity contribution in [2.24, 2.45) is 0 Å². The van der Waals surface area contributed by atoms with Crippen LogP contribution in [0, 0.1) is 0 Å². The fourth-order valence-electron chi connectivity index (χ4n) is 3.45. The van der Waals surface area contributed by atoms with Gasteiger partial charge in [-0.1, -0.05) is 51.1 Å². The van der Waals surface area contributed by atoms with Crippen molar-refractivity contribution in [2.45, 2.75) is 45.6 Å². The highest BCUT2D eigenvalue weighted by atomic mass is 32.3. The van der Waals surface area contributed by atoms with E-state index in [1.165, 1.54) is 37.8 Å². The summed E-state index contributed by atoms with van der Waals surface area (Å²) < 4.78 is 53.4. The molecule has 1 saturated heterocycles. The zero-order valence-electron chi connectivity index (χ0n) is 20.4. The van der Waals surface area contributed by atoms with E-state index in [0.29, 0.717) is 6.61 Å². The molecule has 0 spiro atoms. The number of aromatic nitrogens is 3. The molecule has 1 aliphatic heterocycles. The third kappa shape index (κ3) is 9.28. The summed E-state index contributed by atoms with van der Waals surface area (Å²) in [5.74, 6) is -0.940. The summed E-state index contributed by atoms with van der Waals surface area (Å²) in [6.07, 6.45) is -0.687. The zero-order valence-corrected chi connectivity index (χ0v) is 21.3. The second-order valence-electron chi connectivity index (χ2n) is 7.59. The lowest BCUT2D eigenvalue weighted by Gasteiger charge is -2.21. The summed E-state index contributed by atoms with van der Waals surface area (Å²) >= 11 is 0. The van der Waals surface area contributed by atoms with Gasteiger partial charge in [0.2, 0.25) is 0 Å². The lowest BCUT2D eigenvalue weighted by molar-refractivity contribution is -0.0241. The molecule has 0 unspecified atom stereocenters. The van der Waals surface area contributed by atoms with Crippen molar-refractivity contribution in [1.29, 1.82) is 0 Å². The molecule has 13 heteroatoms. The maximum atomic E-state index is 11.5. The smallest absolute Gasteiger partial charge is 0.397 e. The fourth-order valence-corrected chi connectivity index (χ4v) is 3.99. The molecule has 3 rings (SSSR count). The van der Waals surface area contributed by atoms with E-state index in [-0.39, 0.29) is 19.0 Å². The van der Waals surface area contributed by atoms with Crippen LogP contribution in [0.2, 0.25) is 0 Å². The van der Waals surface area contributed by atoms with Crippen LogP contribution < -0.4 is 0 Å². The quantitative estimate of drug-likeness (QED) is 0.346. The highest BCUT2D eigenvalue weighted by Crippen LogP contribution is 2.29. The number of esters is 1. The van der Waals surface area contributed by atoms with Gasteiger partial charge in [-0.15, -0.1) is 5.10 Å². The molecule has 1 fully saturated rings. The third-order valence-corrected chi connectivity index (χ3v) is 5.88. The monoisotopic (exact) mass is 514 g/mol. The van der Waals surface area contributed by atoms with Crippen LogP contribution in [0.4, 0.5) is 0 Å². The van der Waals surface area contributed by atoms with Crippen LogP contribution in [0.5, 0.6) is 0 Å². The van der Waals surface area contributed by atoms with Crippen molar-refractivity contribution in [2.75, 3.05) is 40.0 Å². The highest BCUT2D eigenvalue weighted by molar-refractivity contribution is 7.80. The summed E-state index contributed by atoms with van der Waals surface area (Å²) in [6.45, 7) is 10.5. The van der Waals surface area contributed by atoms with Crippen LogP contribution in [0.15, 0.2) is 36.7 Å². The first kappa shape index (κ1) is 28.8. The molecule has 3 atom stereocenters. The normalized spacial score (nSPS) is 19.9. The van der Waals surface area contributed by atoms with Gasteiger partial charge < -0.3 is 19.1 Å². The Kier molecular flexibility index (Phi) is 11.7. The molecule has 0 aliphatic carbocycles. The van der Waals surface area contributed by atoms with E-state index < -0.39 is 34.6 Å². The van der Waals surface area contributed by atoms with Crippen LogP contribution in [-0.2, 0) is 35.4 Å². The number of ether oxygens (including phenoxy) is 3. The fraction of sp³-hybridized carbons (Fsp3) is 0.591. The Bertz CT molecular complexity index is 992. The minimum absolute atomic E-state index is 0.0174. The second-order valence-corrected chi connectivity index (χ2v) is 8.64. The number of nitrogens with zero attached hydrogens (tertiary/aromatic N) is 4. The van der Waals surface area contributed by atoms with Crippen molar-refractivity contribution < 1.29 is 36.2 Å². The van der Waals surface area contributed by atoms with Crippen LogP contribution in [0.3, 0.4) is 0 Å². The van der Waals surface area contributed by atoms with Gasteiger partial charge in [-0.25, -0.2) is 18.6 Å². The Morgan fingerprint density at radius 2 is 1.86 bits per heavy atom. The zero-order chi connectivity index (χ0) is 25.8. The van der Waals surface area contributed by atoms with E-state index in [4.69, 9.17) is 18.2 Å². The lowest BCUT2D eigenvalue weighted by Crippen LogP contribution is -2.36. The van der Waals surface area contributed by atoms with Gasteiger partial charge in [0.15, 0.2) is 0 Å². The number of rotatable bonds is 11. The van der Waals surface area contributed by atoms with Crippen LogP contribution in [0.1, 0.15) is 43.0 Å². The summed E-state index contributed by atoms with van der Waals surface area (Å²) in [5, 5.41) is 3.96. The van der Waals surface area contributed by atoms with E-state index >= 15 is 0 Å². The Balaban J connectivity index is 0.000000540. The lowest BCUT2D eigenvalue weighted by atomic mass is 10.1. The number of hydrogen-bond acceptors (Lipinski definition) is 10. The van der Waals surface area contributed by atoms with Gasteiger partial charge in [0.05, 0.1) is 26.9 Å². The molecule has 2 heterocycles. The number of carbonyl (C=O) groups is 1. The molecule has 0 saturated carbocycles. The standard InChI is InChI=1S/C16H19N3O8S.C6H15N/c1-24-16(20)15-17-10-19(18-15)12-8-26-13(14(12)27-28(21,22)23)9-25-7-11-5-3-2-4-6-11;1-4-7(5-2)6-3/h2-6,10,12-14H,7-9H2,1H3,(H,21,22,23);4-6H2,1-3H3/t12-,13-,14+;/m1./s1. The second kappa shape index (κ2) is 14.2. The van der Waals surface area contributed by atoms with Crippen molar-refractivity contribution in [3.63, 3.8) is 0 Å². The molecule has 35 heavy (non-hydrogen) atoms. The first-order valence-corrected chi connectivity index (χ1v) is 12.7. The first-order chi connectivity index (χ1) is 16.7. The van der Waals surface area contributed by atoms with Crippen molar-refractivity contribution >= 4 is 16.4 Å². The van der Waals surface area contributed by atoms with E-state index in [1.54, 1.807) is 0 Å². The van der Waals surface area contributed by atoms with E-state index in [1.807, 2.05) is 30.3 Å². The summed E-state index contributed by atoms with van der Waals surface area (Å²) in [6, 6.07) is 8.63. The largest absolute Gasteiger partial charge is 0.463 e. The maximum absolute atomic E-state index is 11.5. The topological polar surface area (TPSA) is 142 Å². The molecule has 2 aromatic rings. The summed E-state index contributed by atoms with van der Waals surface area (Å²) in [4.78, 5) is 17.7. The Morgan fingerprint density at radius 3 is 2.40 bits per heavy atom. The highest BCUT2D eigenvalue weighted by Gasteiger charge is 2.43. The van der Waals surface area contributed by atoms with Crippen molar-refractivity contribution in [3.8, 4) is 0 Å². The Hall–Kier alpha value is -2.42. The number of benzene rings is 1. The number of carbonyl (C=O) groups excluding carboxylic acids is 1. The van der Waals surface area contributed by atoms with Crippen LogP contribution in [0.25, 0.3) is 0 Å². The van der Waals surface area contributed by atoms with Gasteiger partial charge in [0, 0.05) is 0 Å².